The highest BCUT2D eigenvalue weighted by atomic mass is 79.9. The summed E-state index contributed by atoms with van der Waals surface area (Å²) in [4.78, 5) is 21.5. The van der Waals surface area contributed by atoms with E-state index in [9.17, 15) is 4.79 Å². The van der Waals surface area contributed by atoms with E-state index in [1.165, 1.54) is 0 Å². The Kier molecular flexibility index (Phi) is 5.30. The molecule has 0 saturated carbocycles. The van der Waals surface area contributed by atoms with Crippen LogP contribution in [0.4, 0.5) is 11.6 Å². The van der Waals surface area contributed by atoms with Gasteiger partial charge in [0.15, 0.2) is 0 Å². The number of benzene rings is 3. The second-order valence-corrected chi connectivity index (χ2v) is 7.01. The lowest BCUT2D eigenvalue weighted by Crippen LogP contribution is -2.22. The molecule has 1 amide bonds. The molecule has 5 nitrogen and oxygen atoms in total. The minimum Gasteiger partial charge on any atom is -0.345 e. The minimum absolute atomic E-state index is 0.0634. The van der Waals surface area contributed by atoms with Crippen LogP contribution in [0.5, 0.6) is 0 Å². The predicted molar refractivity (Wildman–Crippen MR) is 116 cm³/mol. The summed E-state index contributed by atoms with van der Waals surface area (Å²) in [7, 11) is 0. The van der Waals surface area contributed by atoms with Gasteiger partial charge in [-0.15, -0.1) is 0 Å². The van der Waals surface area contributed by atoms with E-state index in [2.05, 4.69) is 36.5 Å². The largest absolute Gasteiger partial charge is 0.345 e. The van der Waals surface area contributed by atoms with Crippen LogP contribution in [-0.4, -0.2) is 22.4 Å². The number of hydrogen-bond donors (Lipinski definition) is 2. The number of anilines is 2. The number of amides is 1. The van der Waals surface area contributed by atoms with Gasteiger partial charge in [-0.05, 0) is 34.1 Å². The first-order valence-corrected chi connectivity index (χ1v) is 9.60. The summed E-state index contributed by atoms with van der Waals surface area (Å²) in [5, 5.41) is 6.87. The summed E-state index contributed by atoms with van der Waals surface area (Å²) in [5.41, 5.74) is 3.38. The average molecular weight is 433 g/mol. The van der Waals surface area contributed by atoms with Gasteiger partial charge in [0.1, 0.15) is 0 Å². The van der Waals surface area contributed by atoms with Gasteiger partial charge in [0.05, 0.1) is 23.4 Å². The van der Waals surface area contributed by atoms with Crippen molar-refractivity contribution in [1.29, 1.82) is 0 Å². The van der Waals surface area contributed by atoms with Gasteiger partial charge in [-0.3, -0.25) is 4.79 Å². The lowest BCUT2D eigenvalue weighted by molar-refractivity contribution is -0.114. The number of nitrogens with zero attached hydrogens (tertiary/aromatic N) is 2. The Morgan fingerprint density at radius 3 is 2.39 bits per heavy atom. The molecule has 2 N–H and O–H groups in total. The summed E-state index contributed by atoms with van der Waals surface area (Å²) < 4.78 is 0.830. The highest BCUT2D eigenvalue weighted by Gasteiger charge is 2.11. The average Bonchev–Trinajstić information content (AvgIpc) is 2.74. The van der Waals surface area contributed by atoms with Gasteiger partial charge in [0.2, 0.25) is 11.9 Å². The number of para-hydroxylation sites is 2. The van der Waals surface area contributed by atoms with Crippen LogP contribution in [-0.2, 0) is 4.79 Å². The van der Waals surface area contributed by atoms with Crippen molar-refractivity contribution in [3.8, 4) is 11.3 Å². The molecule has 0 unspecified atom stereocenters. The highest BCUT2D eigenvalue weighted by molar-refractivity contribution is 9.10. The Morgan fingerprint density at radius 2 is 1.57 bits per heavy atom. The zero-order chi connectivity index (χ0) is 19.3. The number of rotatable bonds is 5. The quantitative estimate of drug-likeness (QED) is 0.459. The Labute approximate surface area is 171 Å². The second kappa shape index (κ2) is 8.19. The van der Waals surface area contributed by atoms with Crippen LogP contribution in [0.25, 0.3) is 22.2 Å². The lowest BCUT2D eigenvalue weighted by Gasteiger charge is -2.11. The summed E-state index contributed by atoms with van der Waals surface area (Å²) >= 11 is 3.42. The van der Waals surface area contributed by atoms with Gasteiger partial charge in [-0.1, -0.05) is 60.7 Å². The molecule has 0 radical (unpaired) electrons. The van der Waals surface area contributed by atoms with Crippen LogP contribution in [0.3, 0.4) is 0 Å². The Hall–Kier alpha value is -3.25. The van der Waals surface area contributed by atoms with Crippen molar-refractivity contribution in [2.24, 2.45) is 0 Å². The Bertz CT molecular complexity index is 1130. The molecule has 4 rings (SSSR count). The Balaban J connectivity index is 1.57. The van der Waals surface area contributed by atoms with Crippen molar-refractivity contribution < 1.29 is 4.79 Å². The van der Waals surface area contributed by atoms with Gasteiger partial charge in [-0.2, -0.15) is 0 Å². The van der Waals surface area contributed by atoms with E-state index in [1.807, 2.05) is 78.9 Å². The van der Waals surface area contributed by atoms with E-state index in [0.717, 1.165) is 32.3 Å². The fourth-order valence-corrected chi connectivity index (χ4v) is 3.27. The first-order valence-electron chi connectivity index (χ1n) is 8.81. The molecule has 0 fully saturated rings. The van der Waals surface area contributed by atoms with Crippen molar-refractivity contribution in [3.63, 3.8) is 0 Å². The maximum Gasteiger partial charge on any atom is 0.243 e. The van der Waals surface area contributed by atoms with Crippen molar-refractivity contribution >= 4 is 44.4 Å². The number of carbonyl (C=O) groups excluding carboxylic acids is 1. The van der Waals surface area contributed by atoms with Crippen LogP contribution in [0.2, 0.25) is 0 Å². The number of aromatic nitrogens is 2. The molecule has 1 aromatic heterocycles. The van der Waals surface area contributed by atoms with E-state index >= 15 is 0 Å². The molecule has 0 atom stereocenters. The smallest absolute Gasteiger partial charge is 0.243 e. The molecule has 138 valence electrons. The van der Waals surface area contributed by atoms with Crippen LogP contribution in [0.1, 0.15) is 0 Å². The fraction of sp³-hybridized carbons (Fsp3) is 0.0455. The molecule has 0 aliphatic rings. The molecule has 0 aliphatic carbocycles. The summed E-state index contributed by atoms with van der Waals surface area (Å²) in [5.74, 6) is 0.241. The predicted octanol–water partition coefficient (Wildman–Crippen LogP) is 5.11. The van der Waals surface area contributed by atoms with E-state index in [1.54, 1.807) is 0 Å². The molecule has 1 heterocycles. The first kappa shape index (κ1) is 18.1. The van der Waals surface area contributed by atoms with E-state index in [-0.39, 0.29) is 12.5 Å². The van der Waals surface area contributed by atoms with Crippen LogP contribution < -0.4 is 10.6 Å². The molecule has 3 aromatic carbocycles. The standard InChI is InChI=1S/C22H17BrN4O/c23-17-11-5-7-13-19(17)25-20(28)14-24-22-26-18-12-6-4-10-16(18)21(27-22)15-8-2-1-3-9-15/h1-13H,14H2,(H,25,28)(H,24,26,27). The third-order valence-electron chi connectivity index (χ3n) is 4.21. The Morgan fingerprint density at radius 1 is 0.857 bits per heavy atom. The van der Waals surface area contributed by atoms with Crippen LogP contribution in [0.15, 0.2) is 83.3 Å². The van der Waals surface area contributed by atoms with Gasteiger partial charge < -0.3 is 10.6 Å². The minimum atomic E-state index is -0.176. The fourth-order valence-electron chi connectivity index (χ4n) is 2.89. The third-order valence-corrected chi connectivity index (χ3v) is 4.90. The van der Waals surface area contributed by atoms with Crippen LogP contribution in [0, 0.1) is 0 Å². The van der Waals surface area contributed by atoms with Crippen LogP contribution >= 0.6 is 15.9 Å². The van der Waals surface area contributed by atoms with Gasteiger partial charge in [0, 0.05) is 15.4 Å². The molecule has 4 aromatic rings. The van der Waals surface area contributed by atoms with Crippen molar-refractivity contribution in [3.05, 3.63) is 83.3 Å². The maximum absolute atomic E-state index is 12.3. The number of carbonyl (C=O) groups is 1. The lowest BCUT2D eigenvalue weighted by atomic mass is 10.1. The third kappa shape index (κ3) is 4.02. The van der Waals surface area contributed by atoms with Gasteiger partial charge in [0.25, 0.3) is 0 Å². The zero-order valence-electron chi connectivity index (χ0n) is 14.9. The molecule has 0 bridgehead atoms. The van der Waals surface area contributed by atoms with Crippen molar-refractivity contribution in [1.82, 2.24) is 9.97 Å². The molecule has 0 aliphatic heterocycles. The highest BCUT2D eigenvalue weighted by Crippen LogP contribution is 2.27. The number of hydrogen-bond acceptors (Lipinski definition) is 4. The number of nitrogens with one attached hydrogen (secondary N) is 2. The monoisotopic (exact) mass is 432 g/mol. The molecule has 6 heteroatoms. The van der Waals surface area contributed by atoms with Gasteiger partial charge in [-0.25, -0.2) is 9.97 Å². The van der Waals surface area contributed by atoms with Gasteiger partial charge >= 0.3 is 0 Å². The molecule has 28 heavy (non-hydrogen) atoms. The van der Waals surface area contributed by atoms with Crippen molar-refractivity contribution in [2.75, 3.05) is 17.2 Å². The summed E-state index contributed by atoms with van der Waals surface area (Å²) in [6.07, 6.45) is 0. The summed E-state index contributed by atoms with van der Waals surface area (Å²) in [6.45, 7) is 0.0634. The molecular weight excluding hydrogens is 416 g/mol. The van der Waals surface area contributed by atoms with E-state index in [4.69, 9.17) is 0 Å². The molecule has 0 spiro atoms. The second-order valence-electron chi connectivity index (χ2n) is 6.16. The first-order chi connectivity index (χ1) is 13.7. The normalized spacial score (nSPS) is 10.6. The number of fused-ring (bicyclic) bond motifs is 1. The molecule has 0 saturated heterocycles. The maximum atomic E-state index is 12.3. The molecular formula is C22H17BrN4O. The van der Waals surface area contributed by atoms with E-state index in [0.29, 0.717) is 5.95 Å². The number of halogens is 1. The SMILES string of the molecule is O=C(CNc1nc(-c2ccccc2)c2ccccc2n1)Nc1ccccc1Br. The zero-order valence-corrected chi connectivity index (χ0v) is 16.5. The van der Waals surface area contributed by atoms with Crippen molar-refractivity contribution in [2.45, 2.75) is 0 Å². The summed E-state index contributed by atoms with van der Waals surface area (Å²) in [6, 6.07) is 25.3. The van der Waals surface area contributed by atoms with E-state index < -0.39 is 0 Å². The topological polar surface area (TPSA) is 66.9 Å².